The number of halogens is 1. The van der Waals surface area contributed by atoms with Crippen molar-refractivity contribution in [2.24, 2.45) is 5.41 Å². The Morgan fingerprint density at radius 1 is 1.11 bits per heavy atom. The number of benzene rings is 2. The minimum atomic E-state index is -0.00899. The van der Waals surface area contributed by atoms with Gasteiger partial charge in [0.05, 0.1) is 17.4 Å². The molecule has 0 spiro atoms. The van der Waals surface area contributed by atoms with E-state index in [2.05, 4.69) is 47.3 Å². The minimum Gasteiger partial charge on any atom is -0.365 e. The number of anilines is 1. The quantitative estimate of drug-likeness (QED) is 0.416. The Hall–Kier alpha value is -3.25. The van der Waals surface area contributed by atoms with E-state index in [1.54, 1.807) is 13.1 Å². The highest BCUT2D eigenvalue weighted by Gasteiger charge is 2.49. The smallest absolute Gasteiger partial charge is 0.217 e. The van der Waals surface area contributed by atoms with E-state index >= 15 is 0 Å². The molecule has 192 valence electrons. The first-order chi connectivity index (χ1) is 17.6. The summed E-state index contributed by atoms with van der Waals surface area (Å²) in [6.07, 6.45) is 3.83. The van der Waals surface area contributed by atoms with Crippen LogP contribution in [0.4, 0.5) is 5.69 Å². The van der Waals surface area contributed by atoms with Crippen molar-refractivity contribution in [1.82, 2.24) is 15.5 Å². The Morgan fingerprint density at radius 3 is 2.51 bits per heavy atom. The fourth-order valence-electron chi connectivity index (χ4n) is 5.97. The zero-order valence-electron chi connectivity index (χ0n) is 21.8. The highest BCUT2D eigenvalue weighted by Crippen LogP contribution is 2.53. The van der Waals surface area contributed by atoms with Gasteiger partial charge in [-0.3, -0.25) is 9.59 Å². The van der Waals surface area contributed by atoms with E-state index < -0.39 is 0 Å². The van der Waals surface area contributed by atoms with Crippen LogP contribution in [0.5, 0.6) is 0 Å². The number of nitrogens with one attached hydrogen (secondary N) is 1. The summed E-state index contributed by atoms with van der Waals surface area (Å²) in [5, 5.41) is 12.4. The molecule has 1 fully saturated rings. The van der Waals surface area contributed by atoms with Crippen LogP contribution < -0.4 is 10.2 Å². The van der Waals surface area contributed by atoms with Crippen molar-refractivity contribution in [3.05, 3.63) is 76.4 Å². The average molecular weight is 517 g/mol. The molecule has 1 amide bonds. The van der Waals surface area contributed by atoms with E-state index in [9.17, 15) is 9.59 Å². The summed E-state index contributed by atoms with van der Waals surface area (Å²) in [6, 6.07) is 15.5. The van der Waals surface area contributed by atoms with E-state index in [0.29, 0.717) is 17.0 Å². The zero-order valence-corrected chi connectivity index (χ0v) is 22.5. The first-order valence-electron chi connectivity index (χ1n) is 12.9. The van der Waals surface area contributed by atoms with Gasteiger partial charge in [-0.25, -0.2) is 0 Å². The molecule has 1 aliphatic carbocycles. The van der Waals surface area contributed by atoms with E-state index in [0.717, 1.165) is 41.9 Å². The molecule has 0 saturated heterocycles. The highest BCUT2D eigenvalue weighted by atomic mass is 35.5. The minimum absolute atomic E-state index is 0.00899. The van der Waals surface area contributed by atoms with Crippen LogP contribution in [0, 0.1) is 5.41 Å². The third kappa shape index (κ3) is 5.26. The van der Waals surface area contributed by atoms with Crippen LogP contribution >= 0.6 is 11.6 Å². The third-order valence-electron chi connectivity index (χ3n) is 7.28. The van der Waals surface area contributed by atoms with Gasteiger partial charge in [0.25, 0.3) is 0 Å². The third-order valence-corrected chi connectivity index (χ3v) is 7.53. The molecular weight excluding hydrogens is 484 g/mol. The lowest BCUT2D eigenvalue weighted by atomic mass is 9.90. The summed E-state index contributed by atoms with van der Waals surface area (Å²) in [7, 11) is 0. The van der Waals surface area contributed by atoms with E-state index in [1.165, 1.54) is 5.56 Å². The Morgan fingerprint density at radius 2 is 1.86 bits per heavy atom. The average Bonchev–Trinajstić information content (AvgIpc) is 3.38. The first kappa shape index (κ1) is 25.4. The number of hydrogen-bond acceptors (Lipinski definition) is 5. The maximum absolute atomic E-state index is 13.6. The predicted molar refractivity (Wildman–Crippen MR) is 147 cm³/mol. The topological polar surface area (TPSA) is 75.2 Å². The molecule has 2 heterocycles. The number of Topliss-reactive ketones (excluding diaryl/α,β-unsaturated/α-hetero) is 1. The SMILES string of the molecule is CC(=O)N[C@@H]1CC[C@H]2c3cc(C(=O)Cc4ccc(Cl)cc4)cc(-c4cccnn4)c3N(CC(C)(C)C)[C@@H]12. The largest absolute Gasteiger partial charge is 0.365 e. The van der Waals surface area contributed by atoms with Crippen LogP contribution in [0.3, 0.4) is 0 Å². The van der Waals surface area contributed by atoms with Gasteiger partial charge in [0.15, 0.2) is 5.78 Å². The second kappa shape index (κ2) is 9.90. The molecule has 2 aliphatic rings. The molecular formula is C30H33ClN4O2. The number of ketones is 1. The molecule has 6 nitrogen and oxygen atoms in total. The molecule has 3 aromatic rings. The Kier molecular flexibility index (Phi) is 6.80. The van der Waals surface area contributed by atoms with Crippen molar-refractivity contribution in [2.75, 3.05) is 11.4 Å². The van der Waals surface area contributed by atoms with Gasteiger partial charge < -0.3 is 10.2 Å². The van der Waals surface area contributed by atoms with Crippen molar-refractivity contribution >= 4 is 29.0 Å². The van der Waals surface area contributed by atoms with Gasteiger partial charge >= 0.3 is 0 Å². The number of hydrogen-bond donors (Lipinski definition) is 1. The Bertz CT molecular complexity index is 1320. The van der Waals surface area contributed by atoms with Gasteiger partial charge in [0, 0.05) is 54.2 Å². The lowest BCUT2D eigenvalue weighted by molar-refractivity contribution is -0.119. The molecule has 7 heteroatoms. The number of amides is 1. The molecule has 1 aliphatic heterocycles. The highest BCUT2D eigenvalue weighted by molar-refractivity contribution is 6.30. The summed E-state index contributed by atoms with van der Waals surface area (Å²) >= 11 is 6.04. The standard InChI is InChI=1S/C30H33ClN4O2/c1-18(36)33-26-12-11-22-23-15-20(27(37)14-19-7-9-21(31)10-8-19)16-24(25-6-5-13-32-34-25)28(23)35(29(22)26)17-30(2,3)4/h5-10,13,15-16,22,26,29H,11-12,14,17H2,1-4H3,(H,33,36)/t22-,26+,29+/m0/s1. The first-order valence-corrected chi connectivity index (χ1v) is 13.3. The van der Waals surface area contributed by atoms with Crippen molar-refractivity contribution in [2.45, 2.75) is 65.0 Å². The summed E-state index contributed by atoms with van der Waals surface area (Å²) in [6.45, 7) is 9.10. The summed E-state index contributed by atoms with van der Waals surface area (Å²) in [5.41, 5.74) is 5.58. The van der Waals surface area contributed by atoms with Crippen LogP contribution in [-0.4, -0.2) is 40.5 Å². The van der Waals surface area contributed by atoms with Gasteiger partial charge in [0.2, 0.25) is 5.91 Å². The molecule has 0 bridgehead atoms. The number of rotatable bonds is 6. The van der Waals surface area contributed by atoms with E-state index in [1.807, 2.05) is 42.5 Å². The molecule has 0 radical (unpaired) electrons. The molecule has 3 atom stereocenters. The number of fused-ring (bicyclic) bond motifs is 3. The van der Waals surface area contributed by atoms with Crippen molar-refractivity contribution < 1.29 is 9.59 Å². The van der Waals surface area contributed by atoms with Crippen LogP contribution in [-0.2, 0) is 11.2 Å². The Labute approximate surface area is 223 Å². The van der Waals surface area contributed by atoms with E-state index in [4.69, 9.17) is 11.6 Å². The summed E-state index contributed by atoms with van der Waals surface area (Å²) in [4.78, 5) is 28.1. The number of aromatic nitrogens is 2. The fraction of sp³-hybridized carbons (Fsp3) is 0.400. The number of carbonyl (C=O) groups excluding carboxylic acids is 2. The number of carbonyl (C=O) groups is 2. The van der Waals surface area contributed by atoms with Crippen LogP contribution in [0.2, 0.25) is 5.02 Å². The molecule has 0 unspecified atom stereocenters. The molecule has 1 saturated carbocycles. The van der Waals surface area contributed by atoms with Crippen LogP contribution in [0.1, 0.15) is 67.9 Å². The summed E-state index contributed by atoms with van der Waals surface area (Å²) in [5.74, 6) is 0.274. The monoisotopic (exact) mass is 516 g/mol. The second-order valence-electron chi connectivity index (χ2n) is 11.5. The van der Waals surface area contributed by atoms with Crippen LogP contribution in [0.15, 0.2) is 54.7 Å². The van der Waals surface area contributed by atoms with Crippen molar-refractivity contribution in [1.29, 1.82) is 0 Å². The lowest BCUT2D eigenvalue weighted by Crippen LogP contribution is -2.50. The van der Waals surface area contributed by atoms with Crippen LogP contribution in [0.25, 0.3) is 11.3 Å². The van der Waals surface area contributed by atoms with Crippen molar-refractivity contribution in [3.8, 4) is 11.3 Å². The van der Waals surface area contributed by atoms with Crippen molar-refractivity contribution in [3.63, 3.8) is 0 Å². The van der Waals surface area contributed by atoms with E-state index in [-0.39, 0.29) is 35.1 Å². The fourth-order valence-corrected chi connectivity index (χ4v) is 6.10. The number of nitrogens with zero attached hydrogens (tertiary/aromatic N) is 3. The molecule has 37 heavy (non-hydrogen) atoms. The van der Waals surface area contributed by atoms with Gasteiger partial charge in [-0.15, -0.1) is 0 Å². The predicted octanol–water partition coefficient (Wildman–Crippen LogP) is 5.84. The van der Waals surface area contributed by atoms with Gasteiger partial charge in [0.1, 0.15) is 0 Å². The molecule has 5 rings (SSSR count). The second-order valence-corrected chi connectivity index (χ2v) is 11.9. The summed E-state index contributed by atoms with van der Waals surface area (Å²) < 4.78 is 0. The normalized spacial score (nSPS) is 20.5. The van der Waals surface area contributed by atoms with Gasteiger partial charge in [-0.2, -0.15) is 10.2 Å². The maximum Gasteiger partial charge on any atom is 0.217 e. The van der Waals surface area contributed by atoms with Gasteiger partial charge in [-0.1, -0.05) is 44.5 Å². The molecule has 1 aromatic heterocycles. The lowest BCUT2D eigenvalue weighted by Gasteiger charge is -2.37. The molecule has 1 N–H and O–H groups in total. The zero-order chi connectivity index (χ0) is 26.3. The maximum atomic E-state index is 13.6. The van der Waals surface area contributed by atoms with Gasteiger partial charge in [-0.05, 0) is 65.8 Å². The molecule has 2 aromatic carbocycles. The Balaban J connectivity index is 1.63.